The molecule has 0 saturated heterocycles. The first-order valence-electron chi connectivity index (χ1n) is 5.24. The van der Waals surface area contributed by atoms with Crippen LogP contribution in [0.5, 0.6) is 0 Å². The van der Waals surface area contributed by atoms with Crippen LogP contribution in [0.2, 0.25) is 0 Å². The standard InChI is InChI=1S/C12H15NO3S/c1-2-12(11(15)16,17-8-10(13)14)9-6-4-3-5-7-9/h3-7H,2,8H2,1H3,(H2,13,14)(H,15,16). The average Bonchev–Trinajstić information content (AvgIpc) is 2.31. The molecule has 3 N–H and O–H groups in total. The van der Waals surface area contributed by atoms with Gasteiger partial charge in [-0.05, 0) is 12.0 Å². The molecule has 0 aliphatic heterocycles. The van der Waals surface area contributed by atoms with Gasteiger partial charge >= 0.3 is 5.97 Å². The maximum absolute atomic E-state index is 11.5. The van der Waals surface area contributed by atoms with Gasteiger partial charge in [0, 0.05) is 0 Å². The second kappa shape index (κ2) is 5.72. The van der Waals surface area contributed by atoms with Gasteiger partial charge in [-0.2, -0.15) is 0 Å². The van der Waals surface area contributed by atoms with E-state index >= 15 is 0 Å². The summed E-state index contributed by atoms with van der Waals surface area (Å²) in [6, 6.07) is 8.91. The predicted molar refractivity (Wildman–Crippen MR) is 67.7 cm³/mol. The van der Waals surface area contributed by atoms with E-state index in [-0.39, 0.29) is 5.75 Å². The number of hydrogen-bond acceptors (Lipinski definition) is 3. The van der Waals surface area contributed by atoms with Gasteiger partial charge in [0.15, 0.2) is 0 Å². The van der Waals surface area contributed by atoms with Gasteiger partial charge in [0.05, 0.1) is 5.75 Å². The summed E-state index contributed by atoms with van der Waals surface area (Å²) in [5.74, 6) is -1.46. The highest BCUT2D eigenvalue weighted by atomic mass is 32.2. The molecule has 0 radical (unpaired) electrons. The molecule has 4 nitrogen and oxygen atoms in total. The van der Waals surface area contributed by atoms with E-state index in [0.29, 0.717) is 12.0 Å². The third-order valence-electron chi connectivity index (χ3n) is 2.54. The molecule has 0 saturated carbocycles. The summed E-state index contributed by atoms with van der Waals surface area (Å²) in [6.07, 6.45) is 0.393. The summed E-state index contributed by atoms with van der Waals surface area (Å²) >= 11 is 1.06. The molecule has 1 aromatic carbocycles. The van der Waals surface area contributed by atoms with Crippen molar-refractivity contribution in [3.8, 4) is 0 Å². The minimum atomic E-state index is -1.10. The van der Waals surface area contributed by atoms with Gasteiger partial charge in [0.1, 0.15) is 4.75 Å². The molecule has 5 heteroatoms. The molecule has 0 spiro atoms. The Morgan fingerprint density at radius 3 is 2.35 bits per heavy atom. The number of carboxylic acid groups (broad SMARTS) is 1. The van der Waals surface area contributed by atoms with Crippen molar-refractivity contribution >= 4 is 23.6 Å². The van der Waals surface area contributed by atoms with Crippen molar-refractivity contribution < 1.29 is 14.7 Å². The molecule has 0 aliphatic carbocycles. The highest BCUT2D eigenvalue weighted by molar-refractivity contribution is 8.01. The van der Waals surface area contributed by atoms with Crippen LogP contribution in [0, 0.1) is 0 Å². The first-order valence-corrected chi connectivity index (χ1v) is 6.22. The molecular formula is C12H15NO3S. The zero-order valence-electron chi connectivity index (χ0n) is 9.55. The monoisotopic (exact) mass is 253 g/mol. The van der Waals surface area contributed by atoms with Crippen LogP contribution in [0.25, 0.3) is 0 Å². The van der Waals surface area contributed by atoms with Gasteiger partial charge in [-0.25, -0.2) is 0 Å². The Balaban J connectivity index is 3.09. The van der Waals surface area contributed by atoms with E-state index < -0.39 is 16.6 Å². The largest absolute Gasteiger partial charge is 0.480 e. The van der Waals surface area contributed by atoms with E-state index in [9.17, 15) is 14.7 Å². The van der Waals surface area contributed by atoms with Crippen molar-refractivity contribution in [2.75, 3.05) is 5.75 Å². The van der Waals surface area contributed by atoms with Crippen LogP contribution in [0.1, 0.15) is 18.9 Å². The molecule has 92 valence electrons. The van der Waals surface area contributed by atoms with Crippen molar-refractivity contribution in [3.05, 3.63) is 35.9 Å². The number of carbonyl (C=O) groups is 2. The predicted octanol–water partition coefficient (Wildman–Crippen LogP) is 1.59. The molecule has 1 amide bonds. The fraction of sp³-hybridized carbons (Fsp3) is 0.333. The quantitative estimate of drug-likeness (QED) is 0.806. The van der Waals surface area contributed by atoms with E-state index in [1.807, 2.05) is 6.07 Å². The number of aliphatic carboxylic acids is 1. The maximum atomic E-state index is 11.5. The molecule has 0 fully saturated rings. The summed E-state index contributed by atoms with van der Waals surface area (Å²) in [5.41, 5.74) is 5.76. The highest BCUT2D eigenvalue weighted by Crippen LogP contribution is 2.39. The van der Waals surface area contributed by atoms with E-state index in [4.69, 9.17) is 5.73 Å². The third kappa shape index (κ3) is 3.00. The third-order valence-corrected chi connectivity index (χ3v) is 4.16. The van der Waals surface area contributed by atoms with Crippen molar-refractivity contribution in [3.63, 3.8) is 0 Å². The number of carbonyl (C=O) groups excluding carboxylic acids is 1. The Morgan fingerprint density at radius 2 is 1.94 bits per heavy atom. The van der Waals surface area contributed by atoms with Crippen molar-refractivity contribution in [2.24, 2.45) is 5.73 Å². The Labute approximate surface area is 104 Å². The van der Waals surface area contributed by atoms with E-state index in [1.165, 1.54) is 0 Å². The smallest absolute Gasteiger partial charge is 0.324 e. The lowest BCUT2D eigenvalue weighted by Gasteiger charge is -2.27. The fourth-order valence-electron chi connectivity index (χ4n) is 1.63. The number of primary amides is 1. The first-order chi connectivity index (χ1) is 8.03. The number of nitrogens with two attached hydrogens (primary N) is 1. The fourth-order valence-corrected chi connectivity index (χ4v) is 2.65. The normalized spacial score (nSPS) is 13.9. The first kappa shape index (κ1) is 13.6. The van der Waals surface area contributed by atoms with Gasteiger partial charge in [-0.15, -0.1) is 11.8 Å². The van der Waals surface area contributed by atoms with Gasteiger partial charge < -0.3 is 10.8 Å². The van der Waals surface area contributed by atoms with Gasteiger partial charge in [-0.1, -0.05) is 37.3 Å². The molecule has 1 aromatic rings. The van der Waals surface area contributed by atoms with Crippen molar-refractivity contribution in [2.45, 2.75) is 18.1 Å². The molecule has 0 aliphatic rings. The second-order valence-corrected chi connectivity index (χ2v) is 4.88. The SMILES string of the molecule is CCC(SCC(N)=O)(C(=O)O)c1ccccc1. The van der Waals surface area contributed by atoms with Gasteiger partial charge in [-0.3, -0.25) is 9.59 Å². The lowest BCUT2D eigenvalue weighted by atomic mass is 9.95. The highest BCUT2D eigenvalue weighted by Gasteiger charge is 2.39. The van der Waals surface area contributed by atoms with Crippen molar-refractivity contribution in [1.82, 2.24) is 0 Å². The summed E-state index contributed by atoms with van der Waals surface area (Å²) in [7, 11) is 0. The Morgan fingerprint density at radius 1 is 1.35 bits per heavy atom. The zero-order chi connectivity index (χ0) is 12.9. The van der Waals surface area contributed by atoms with E-state index in [2.05, 4.69) is 0 Å². The van der Waals surface area contributed by atoms with Crippen LogP contribution in [0.15, 0.2) is 30.3 Å². The minimum Gasteiger partial charge on any atom is -0.480 e. The summed E-state index contributed by atoms with van der Waals surface area (Å²) in [5, 5.41) is 9.42. The number of hydrogen-bond donors (Lipinski definition) is 2. The van der Waals surface area contributed by atoms with Crippen LogP contribution >= 0.6 is 11.8 Å². The Hall–Kier alpha value is -1.49. The van der Waals surface area contributed by atoms with Crippen LogP contribution in [-0.2, 0) is 14.3 Å². The lowest BCUT2D eigenvalue weighted by molar-refractivity contribution is -0.140. The molecule has 0 heterocycles. The molecule has 17 heavy (non-hydrogen) atoms. The second-order valence-electron chi connectivity index (χ2n) is 3.61. The maximum Gasteiger partial charge on any atom is 0.324 e. The number of carboxylic acids is 1. The number of amides is 1. The zero-order valence-corrected chi connectivity index (χ0v) is 10.4. The molecule has 0 aromatic heterocycles. The molecule has 1 atom stereocenters. The minimum absolute atomic E-state index is 0.00493. The summed E-state index contributed by atoms with van der Waals surface area (Å²) in [4.78, 5) is 22.3. The number of rotatable bonds is 6. The van der Waals surface area contributed by atoms with Crippen LogP contribution in [-0.4, -0.2) is 22.7 Å². The van der Waals surface area contributed by atoms with Gasteiger partial charge in [0.25, 0.3) is 0 Å². The Kier molecular flexibility index (Phi) is 4.57. The van der Waals surface area contributed by atoms with Crippen LogP contribution in [0.3, 0.4) is 0 Å². The van der Waals surface area contributed by atoms with Crippen molar-refractivity contribution in [1.29, 1.82) is 0 Å². The average molecular weight is 253 g/mol. The molecular weight excluding hydrogens is 238 g/mol. The summed E-state index contributed by atoms with van der Waals surface area (Å²) in [6.45, 7) is 1.79. The van der Waals surface area contributed by atoms with Gasteiger partial charge in [0.2, 0.25) is 5.91 Å². The Bertz CT molecular complexity index is 407. The molecule has 1 rings (SSSR count). The van der Waals surface area contributed by atoms with Crippen LogP contribution in [0.4, 0.5) is 0 Å². The topological polar surface area (TPSA) is 80.4 Å². The number of thioether (sulfide) groups is 1. The summed E-state index contributed by atoms with van der Waals surface area (Å²) < 4.78 is -1.10. The van der Waals surface area contributed by atoms with E-state index in [1.54, 1.807) is 31.2 Å². The molecule has 0 bridgehead atoms. The van der Waals surface area contributed by atoms with Crippen LogP contribution < -0.4 is 5.73 Å². The lowest BCUT2D eigenvalue weighted by Crippen LogP contribution is -2.33. The molecule has 1 unspecified atom stereocenters. The number of benzene rings is 1. The van der Waals surface area contributed by atoms with E-state index in [0.717, 1.165) is 11.8 Å².